The second-order valence-electron chi connectivity index (χ2n) is 17.5. The van der Waals surface area contributed by atoms with Gasteiger partial charge in [0.2, 0.25) is 0 Å². The molecule has 0 amide bonds. The summed E-state index contributed by atoms with van der Waals surface area (Å²) < 4.78 is 10.00. The normalized spacial score (nSPS) is 13.6. The summed E-state index contributed by atoms with van der Waals surface area (Å²) >= 11 is 0. The van der Waals surface area contributed by atoms with Crippen LogP contribution in [0.3, 0.4) is 0 Å². The minimum atomic E-state index is 1.00. The summed E-state index contributed by atoms with van der Waals surface area (Å²) in [6, 6.07) is 67.3. The zero-order valence-electron chi connectivity index (χ0n) is 35.2. The highest BCUT2D eigenvalue weighted by molar-refractivity contribution is 6.21. The van der Waals surface area contributed by atoms with Gasteiger partial charge in [-0.05, 0) is 115 Å². The van der Waals surface area contributed by atoms with Crippen molar-refractivity contribution in [1.29, 1.82) is 0 Å². The van der Waals surface area contributed by atoms with Crippen LogP contribution >= 0.6 is 0 Å². The quantitative estimate of drug-likeness (QED) is 0.165. The molecule has 4 nitrogen and oxygen atoms in total. The first-order valence-electron chi connectivity index (χ1n) is 22.6. The molecule has 2 aliphatic rings. The lowest BCUT2D eigenvalue weighted by Gasteiger charge is -2.15. The molecule has 4 heteroatoms. The van der Waals surface area contributed by atoms with Crippen LogP contribution in [0.2, 0.25) is 0 Å². The van der Waals surface area contributed by atoms with Gasteiger partial charge in [0.25, 0.3) is 0 Å². The Morgan fingerprint density at radius 1 is 0.328 bits per heavy atom. The van der Waals surface area contributed by atoms with Crippen molar-refractivity contribution >= 4 is 77.6 Å². The summed E-state index contributed by atoms with van der Waals surface area (Å²) in [4.78, 5) is 0. The predicted octanol–water partition coefficient (Wildman–Crippen LogP) is 15.4. The third-order valence-electron chi connectivity index (χ3n) is 14.1. The number of allylic oxidation sites excluding steroid dienone is 2. The maximum atomic E-state index is 2.52. The molecule has 0 saturated heterocycles. The van der Waals surface area contributed by atoms with Crippen LogP contribution in [0.5, 0.6) is 0 Å². The molecule has 64 heavy (non-hydrogen) atoms. The molecular formula is C60H42N4. The molecule has 0 spiro atoms. The summed E-state index contributed by atoms with van der Waals surface area (Å²) in [6.45, 7) is 0. The molecule has 14 rings (SSSR count). The third kappa shape index (κ3) is 4.99. The lowest BCUT2D eigenvalue weighted by molar-refractivity contribution is 0.888. The van der Waals surface area contributed by atoms with Crippen molar-refractivity contribution in [2.24, 2.45) is 0 Å². The van der Waals surface area contributed by atoms with Gasteiger partial charge in [0.05, 0.1) is 33.1 Å². The number of para-hydroxylation sites is 4. The molecule has 4 heterocycles. The van der Waals surface area contributed by atoms with E-state index in [4.69, 9.17) is 0 Å². The van der Waals surface area contributed by atoms with Gasteiger partial charge in [-0.1, -0.05) is 133 Å². The van der Waals surface area contributed by atoms with Crippen molar-refractivity contribution in [3.05, 3.63) is 217 Å². The molecule has 0 fully saturated rings. The van der Waals surface area contributed by atoms with Crippen molar-refractivity contribution in [2.75, 3.05) is 0 Å². The van der Waals surface area contributed by atoms with Crippen molar-refractivity contribution in [3.8, 4) is 33.9 Å². The fraction of sp³-hybridized carbons (Fsp3) is 0.0667. The van der Waals surface area contributed by atoms with Crippen LogP contribution < -0.4 is 0 Å². The molecule has 4 aromatic heterocycles. The molecule has 0 bridgehead atoms. The summed E-state index contributed by atoms with van der Waals surface area (Å²) in [5, 5.41) is 7.78. The number of benzene rings is 8. The molecule has 0 unspecified atom stereocenters. The molecule has 0 atom stereocenters. The van der Waals surface area contributed by atoms with E-state index in [-0.39, 0.29) is 0 Å². The van der Waals surface area contributed by atoms with Crippen LogP contribution in [-0.4, -0.2) is 18.3 Å². The minimum absolute atomic E-state index is 1.00. The van der Waals surface area contributed by atoms with Crippen molar-refractivity contribution in [1.82, 2.24) is 18.3 Å². The Balaban J connectivity index is 0.905. The van der Waals surface area contributed by atoms with Crippen molar-refractivity contribution in [2.45, 2.75) is 25.7 Å². The number of rotatable bonds is 5. The van der Waals surface area contributed by atoms with Gasteiger partial charge in [0, 0.05) is 72.0 Å². The Morgan fingerprint density at radius 2 is 0.828 bits per heavy atom. The van der Waals surface area contributed by atoms with E-state index in [1.807, 2.05) is 0 Å². The van der Waals surface area contributed by atoms with E-state index in [2.05, 4.69) is 225 Å². The van der Waals surface area contributed by atoms with Crippen LogP contribution in [0.25, 0.3) is 111 Å². The summed E-state index contributed by atoms with van der Waals surface area (Å²) in [7, 11) is 0. The summed E-state index contributed by atoms with van der Waals surface area (Å²) in [5.74, 6) is 0. The highest BCUT2D eigenvalue weighted by atomic mass is 15.1. The van der Waals surface area contributed by atoms with Crippen LogP contribution in [0, 0.1) is 0 Å². The van der Waals surface area contributed by atoms with Crippen molar-refractivity contribution < 1.29 is 0 Å². The van der Waals surface area contributed by atoms with Crippen LogP contribution in [0.15, 0.2) is 194 Å². The Kier molecular flexibility index (Phi) is 7.61. The lowest BCUT2D eigenvalue weighted by Crippen LogP contribution is -2.03. The Bertz CT molecular complexity index is 3910. The van der Waals surface area contributed by atoms with Crippen LogP contribution in [-0.2, 0) is 12.8 Å². The van der Waals surface area contributed by atoms with Gasteiger partial charge in [0.1, 0.15) is 0 Å². The predicted molar refractivity (Wildman–Crippen MR) is 269 cm³/mol. The number of aromatic nitrogens is 4. The molecule has 0 radical (unpaired) electrons. The van der Waals surface area contributed by atoms with E-state index in [0.29, 0.717) is 0 Å². The largest absolute Gasteiger partial charge is 0.313 e. The third-order valence-corrected chi connectivity index (χ3v) is 14.1. The smallest absolute Gasteiger partial charge is 0.0788 e. The number of hydrogen-bond donors (Lipinski definition) is 0. The molecule has 2 aliphatic carbocycles. The topological polar surface area (TPSA) is 19.7 Å². The lowest BCUT2D eigenvalue weighted by atomic mass is 10.00. The zero-order chi connectivity index (χ0) is 41.9. The molecule has 0 aliphatic heterocycles. The zero-order valence-corrected chi connectivity index (χ0v) is 35.2. The van der Waals surface area contributed by atoms with Crippen molar-refractivity contribution in [3.63, 3.8) is 0 Å². The van der Waals surface area contributed by atoms with Gasteiger partial charge in [-0.2, -0.15) is 0 Å². The van der Waals surface area contributed by atoms with Gasteiger partial charge in [-0.25, -0.2) is 0 Å². The maximum absolute atomic E-state index is 2.52. The van der Waals surface area contributed by atoms with Crippen LogP contribution in [0.4, 0.5) is 0 Å². The highest BCUT2D eigenvalue weighted by Gasteiger charge is 2.26. The standard InChI is InChI=1S/C60H42N4/c1-3-15-41(16-4-1)62-52-23-11-7-19-45(52)48-37-38-56-57(58(48)62)51-22-10-14-26-55(51)61(56)43-31-27-39(28-32-43)40-29-33-44(34-30-40)64-54-25-13-9-21-47(54)50-36-35-49-46-20-8-12-24-53(46)63(59(49)60(50)64)42-17-5-2-6-18-42/h1-8,10-13,15-20,22-25,27-38H,9,14,21,26H2. The van der Waals surface area contributed by atoms with Gasteiger partial charge >= 0.3 is 0 Å². The Labute approximate surface area is 370 Å². The number of aryl methyl sites for hydroxylation is 1. The highest BCUT2D eigenvalue weighted by Crippen LogP contribution is 2.45. The van der Waals surface area contributed by atoms with E-state index >= 15 is 0 Å². The number of nitrogens with zero attached hydrogens (tertiary/aromatic N) is 4. The van der Waals surface area contributed by atoms with Gasteiger partial charge in [-0.3, -0.25) is 0 Å². The second kappa shape index (κ2) is 13.7. The first-order valence-corrected chi connectivity index (χ1v) is 22.6. The first-order chi connectivity index (χ1) is 31.8. The van der Waals surface area contributed by atoms with Crippen LogP contribution in [0.1, 0.15) is 35.4 Å². The number of hydrogen-bond acceptors (Lipinski definition) is 0. The van der Waals surface area contributed by atoms with E-state index < -0.39 is 0 Å². The molecular weight excluding hydrogens is 777 g/mol. The van der Waals surface area contributed by atoms with Gasteiger partial charge < -0.3 is 18.3 Å². The average molecular weight is 819 g/mol. The molecule has 8 aromatic carbocycles. The fourth-order valence-corrected chi connectivity index (χ4v) is 11.4. The monoisotopic (exact) mass is 818 g/mol. The Morgan fingerprint density at radius 3 is 1.50 bits per heavy atom. The fourth-order valence-electron chi connectivity index (χ4n) is 11.4. The van der Waals surface area contributed by atoms with E-state index in [1.165, 1.54) is 122 Å². The second-order valence-corrected chi connectivity index (χ2v) is 17.5. The first kappa shape index (κ1) is 35.5. The molecule has 0 N–H and O–H groups in total. The number of fused-ring (bicyclic) bond motifs is 14. The minimum Gasteiger partial charge on any atom is -0.313 e. The summed E-state index contributed by atoms with van der Waals surface area (Å²) in [6.07, 6.45) is 13.5. The van der Waals surface area contributed by atoms with E-state index in [0.717, 1.165) is 25.7 Å². The molecule has 12 aromatic rings. The average Bonchev–Trinajstić information content (AvgIpc) is 4.10. The SMILES string of the molecule is C1=Cc2c(c3ccc4c5ccccc5n(-c5ccccc5)c4c3n2-c2ccc(-c3ccc(-n4c5c(c6c4ccc4c7ccccc7n(-c7ccccc7)c46)C=CCC5)cc3)cc2)CC1. The van der Waals surface area contributed by atoms with E-state index in [1.54, 1.807) is 0 Å². The van der Waals surface area contributed by atoms with Gasteiger partial charge in [-0.15, -0.1) is 0 Å². The Hall–Kier alpha value is -8.08. The van der Waals surface area contributed by atoms with Gasteiger partial charge in [0.15, 0.2) is 0 Å². The molecule has 0 saturated carbocycles. The summed E-state index contributed by atoms with van der Waals surface area (Å²) in [5.41, 5.74) is 20.1. The molecule has 302 valence electrons. The maximum Gasteiger partial charge on any atom is 0.0788 e. The van der Waals surface area contributed by atoms with E-state index in [9.17, 15) is 0 Å².